The standard InChI is InChI=1S/C8H6INO/c9-11-8-3-1-2-7-6(8)4-5-10-7/h1-5,10H. The van der Waals surface area contributed by atoms with E-state index in [0.29, 0.717) is 0 Å². The van der Waals surface area contributed by atoms with E-state index in [1.54, 1.807) is 0 Å². The summed E-state index contributed by atoms with van der Waals surface area (Å²) < 4.78 is 5.14. The lowest BCUT2D eigenvalue weighted by Gasteiger charge is -1.96. The minimum atomic E-state index is 0.907. The van der Waals surface area contributed by atoms with Crippen molar-refractivity contribution in [2.24, 2.45) is 0 Å². The Kier molecular flexibility index (Phi) is 1.73. The van der Waals surface area contributed by atoms with Gasteiger partial charge in [-0.2, -0.15) is 0 Å². The first-order chi connectivity index (χ1) is 5.42. The maximum absolute atomic E-state index is 5.14. The molecule has 0 radical (unpaired) electrons. The predicted molar refractivity (Wildman–Crippen MR) is 52.9 cm³/mol. The van der Waals surface area contributed by atoms with Gasteiger partial charge in [0.15, 0.2) is 23.0 Å². The van der Waals surface area contributed by atoms with Gasteiger partial charge in [-0.1, -0.05) is 6.07 Å². The highest BCUT2D eigenvalue weighted by Gasteiger charge is 1.99. The van der Waals surface area contributed by atoms with Crippen LogP contribution in [0.3, 0.4) is 0 Å². The zero-order valence-corrected chi connectivity index (χ0v) is 7.83. The van der Waals surface area contributed by atoms with E-state index in [1.165, 1.54) is 0 Å². The van der Waals surface area contributed by atoms with E-state index in [4.69, 9.17) is 3.07 Å². The van der Waals surface area contributed by atoms with Crippen molar-refractivity contribution in [3.8, 4) is 5.75 Å². The van der Waals surface area contributed by atoms with Crippen LogP contribution in [-0.4, -0.2) is 4.98 Å². The first-order valence-electron chi connectivity index (χ1n) is 3.26. The molecule has 1 N–H and O–H groups in total. The number of H-pyrrole nitrogens is 1. The van der Waals surface area contributed by atoms with Crippen LogP contribution in [0.15, 0.2) is 30.5 Å². The SMILES string of the molecule is IOc1cccc2[nH]ccc12. The minimum Gasteiger partial charge on any atom is -0.427 e. The fourth-order valence-corrected chi connectivity index (χ4v) is 1.51. The Morgan fingerprint density at radius 2 is 2.18 bits per heavy atom. The third-order valence-electron chi connectivity index (χ3n) is 1.64. The van der Waals surface area contributed by atoms with E-state index in [1.807, 2.05) is 53.5 Å². The van der Waals surface area contributed by atoms with E-state index in [0.717, 1.165) is 16.7 Å². The third-order valence-corrected chi connectivity index (χ3v) is 2.11. The average Bonchev–Trinajstić information content (AvgIpc) is 2.50. The molecule has 2 nitrogen and oxygen atoms in total. The average molecular weight is 259 g/mol. The molecule has 2 aromatic rings. The lowest BCUT2D eigenvalue weighted by molar-refractivity contribution is 0.726. The molecule has 0 bridgehead atoms. The summed E-state index contributed by atoms with van der Waals surface area (Å²) in [7, 11) is 0. The molecule has 0 unspecified atom stereocenters. The van der Waals surface area contributed by atoms with Crippen molar-refractivity contribution >= 4 is 33.9 Å². The second-order valence-electron chi connectivity index (χ2n) is 2.27. The van der Waals surface area contributed by atoms with Crippen molar-refractivity contribution in [2.75, 3.05) is 0 Å². The van der Waals surface area contributed by atoms with Gasteiger partial charge < -0.3 is 8.05 Å². The highest BCUT2D eigenvalue weighted by atomic mass is 127. The van der Waals surface area contributed by atoms with Gasteiger partial charge in [-0.15, -0.1) is 0 Å². The number of fused-ring (bicyclic) bond motifs is 1. The van der Waals surface area contributed by atoms with E-state index in [9.17, 15) is 0 Å². The Balaban J connectivity index is 2.79. The molecule has 0 aliphatic heterocycles. The van der Waals surface area contributed by atoms with Crippen LogP contribution >= 0.6 is 23.0 Å². The minimum absolute atomic E-state index is 0.907. The number of rotatable bonds is 1. The Morgan fingerprint density at radius 3 is 3.00 bits per heavy atom. The van der Waals surface area contributed by atoms with Crippen LogP contribution in [0.1, 0.15) is 0 Å². The lowest BCUT2D eigenvalue weighted by Crippen LogP contribution is -1.73. The van der Waals surface area contributed by atoms with E-state index < -0.39 is 0 Å². The molecule has 3 heteroatoms. The van der Waals surface area contributed by atoms with Crippen molar-refractivity contribution in [1.29, 1.82) is 0 Å². The largest absolute Gasteiger partial charge is 0.427 e. The number of nitrogens with one attached hydrogen (secondary N) is 1. The summed E-state index contributed by atoms with van der Waals surface area (Å²) in [5.41, 5.74) is 1.11. The van der Waals surface area contributed by atoms with Gasteiger partial charge in [0.2, 0.25) is 0 Å². The van der Waals surface area contributed by atoms with Crippen LogP contribution in [0.2, 0.25) is 0 Å². The second kappa shape index (κ2) is 2.73. The normalized spacial score (nSPS) is 10.3. The monoisotopic (exact) mass is 259 g/mol. The second-order valence-corrected chi connectivity index (χ2v) is 2.71. The van der Waals surface area contributed by atoms with Crippen LogP contribution in [0.4, 0.5) is 0 Å². The highest BCUT2D eigenvalue weighted by Crippen LogP contribution is 2.25. The maximum atomic E-state index is 5.14. The quantitative estimate of drug-likeness (QED) is 0.782. The van der Waals surface area contributed by atoms with Crippen LogP contribution < -0.4 is 3.07 Å². The Hall–Kier alpha value is -0.710. The Bertz CT molecular complexity index is 369. The molecule has 0 fully saturated rings. The van der Waals surface area contributed by atoms with Gasteiger partial charge in [-0.05, 0) is 18.2 Å². The maximum Gasteiger partial charge on any atom is 0.192 e. The van der Waals surface area contributed by atoms with Gasteiger partial charge in [0.1, 0.15) is 5.75 Å². The molecule has 2 rings (SSSR count). The van der Waals surface area contributed by atoms with Crippen molar-refractivity contribution < 1.29 is 3.07 Å². The molecule has 0 aliphatic carbocycles. The van der Waals surface area contributed by atoms with Crippen molar-refractivity contribution in [3.05, 3.63) is 30.5 Å². The molecule has 0 saturated heterocycles. The van der Waals surface area contributed by atoms with Crippen molar-refractivity contribution in [1.82, 2.24) is 4.98 Å². The van der Waals surface area contributed by atoms with Gasteiger partial charge in [-0.25, -0.2) is 0 Å². The van der Waals surface area contributed by atoms with E-state index >= 15 is 0 Å². The molecule has 1 heterocycles. The number of hydrogen-bond donors (Lipinski definition) is 1. The molecule has 11 heavy (non-hydrogen) atoms. The molecule has 1 aromatic heterocycles. The van der Waals surface area contributed by atoms with Crippen LogP contribution in [0.25, 0.3) is 10.9 Å². The van der Waals surface area contributed by atoms with Gasteiger partial charge in [0.25, 0.3) is 0 Å². The van der Waals surface area contributed by atoms with Gasteiger partial charge in [0, 0.05) is 17.1 Å². The molecule has 56 valence electrons. The summed E-state index contributed by atoms with van der Waals surface area (Å²) in [5, 5.41) is 1.13. The van der Waals surface area contributed by atoms with Crippen molar-refractivity contribution in [2.45, 2.75) is 0 Å². The van der Waals surface area contributed by atoms with Crippen molar-refractivity contribution in [3.63, 3.8) is 0 Å². The number of aromatic amines is 1. The summed E-state index contributed by atoms with van der Waals surface area (Å²) in [6, 6.07) is 7.94. The zero-order chi connectivity index (χ0) is 7.68. The van der Waals surface area contributed by atoms with E-state index in [2.05, 4.69) is 4.98 Å². The topological polar surface area (TPSA) is 25.0 Å². The van der Waals surface area contributed by atoms with Gasteiger partial charge in [0.05, 0.1) is 0 Å². The van der Waals surface area contributed by atoms with Gasteiger partial charge >= 0.3 is 0 Å². The fraction of sp³-hybridized carbons (Fsp3) is 0. The van der Waals surface area contributed by atoms with Gasteiger partial charge in [-0.3, -0.25) is 0 Å². The molecule has 0 aliphatic rings. The summed E-state index contributed by atoms with van der Waals surface area (Å²) in [5.74, 6) is 0.907. The first kappa shape index (κ1) is 6.97. The number of benzene rings is 1. The smallest absolute Gasteiger partial charge is 0.192 e. The lowest BCUT2D eigenvalue weighted by atomic mass is 10.2. The third kappa shape index (κ3) is 1.09. The molecule has 0 amide bonds. The van der Waals surface area contributed by atoms with E-state index in [-0.39, 0.29) is 0 Å². The summed E-state index contributed by atoms with van der Waals surface area (Å²) >= 11 is 1.89. The molecular weight excluding hydrogens is 253 g/mol. The predicted octanol–water partition coefficient (Wildman–Crippen LogP) is 2.90. The fourth-order valence-electron chi connectivity index (χ4n) is 1.12. The molecule has 0 atom stereocenters. The molecule has 0 spiro atoms. The zero-order valence-electron chi connectivity index (χ0n) is 5.67. The molecule has 1 aromatic carbocycles. The summed E-state index contributed by atoms with van der Waals surface area (Å²) in [6.45, 7) is 0. The summed E-state index contributed by atoms with van der Waals surface area (Å²) in [4.78, 5) is 3.11. The van der Waals surface area contributed by atoms with Crippen LogP contribution in [0.5, 0.6) is 5.75 Å². The van der Waals surface area contributed by atoms with Crippen LogP contribution in [-0.2, 0) is 0 Å². The molecular formula is C8H6INO. The Labute approximate surface area is 78.2 Å². The number of halogens is 1. The Morgan fingerprint density at radius 1 is 1.27 bits per heavy atom. The number of hydrogen-bond acceptors (Lipinski definition) is 1. The summed E-state index contributed by atoms with van der Waals surface area (Å²) in [6.07, 6.45) is 1.91. The van der Waals surface area contributed by atoms with Crippen LogP contribution in [0, 0.1) is 0 Å². The highest BCUT2D eigenvalue weighted by molar-refractivity contribution is 14.1. The number of aromatic nitrogens is 1. The first-order valence-corrected chi connectivity index (χ1v) is 4.14. The molecule has 0 saturated carbocycles.